The standard InChI is InChI=1S/C26H25ClN2O4/c1-4-16(2)17-6-12-24-23(13-17)29-26(33-24)18-5-11-21(27)22(14-18)28-25(30)15-32-20-9-7-19(31-3)8-10-20/h5-14,16H,4,15H2,1-3H3,(H,28,30)/t16-/m1/s1. The van der Waals surface area contributed by atoms with E-state index in [1.165, 1.54) is 5.56 Å². The molecule has 0 radical (unpaired) electrons. The van der Waals surface area contributed by atoms with Crippen LogP contribution >= 0.6 is 11.6 Å². The smallest absolute Gasteiger partial charge is 0.262 e. The number of nitrogens with one attached hydrogen (secondary N) is 1. The van der Waals surface area contributed by atoms with Crippen LogP contribution in [0.25, 0.3) is 22.6 Å². The van der Waals surface area contributed by atoms with Gasteiger partial charge in [-0.1, -0.05) is 31.5 Å². The first kappa shape index (κ1) is 22.7. The number of hydrogen-bond donors (Lipinski definition) is 1. The number of carbonyl (C=O) groups excluding carboxylic acids is 1. The molecule has 1 atom stereocenters. The Bertz CT molecular complexity index is 1270. The molecular formula is C26H25ClN2O4. The van der Waals surface area contributed by atoms with Crippen molar-refractivity contribution in [3.63, 3.8) is 0 Å². The van der Waals surface area contributed by atoms with Gasteiger partial charge in [0, 0.05) is 5.56 Å². The van der Waals surface area contributed by atoms with Gasteiger partial charge in [-0.3, -0.25) is 4.79 Å². The Balaban J connectivity index is 1.48. The molecule has 0 fully saturated rings. The van der Waals surface area contributed by atoms with Crippen molar-refractivity contribution < 1.29 is 18.7 Å². The normalized spacial score (nSPS) is 11.9. The first-order valence-corrected chi connectivity index (χ1v) is 11.1. The molecule has 1 aromatic heterocycles. The van der Waals surface area contributed by atoms with Gasteiger partial charge in [-0.25, -0.2) is 4.98 Å². The van der Waals surface area contributed by atoms with Crippen molar-refractivity contribution in [2.24, 2.45) is 0 Å². The lowest BCUT2D eigenvalue weighted by Crippen LogP contribution is -2.20. The number of fused-ring (bicyclic) bond motifs is 1. The molecular weight excluding hydrogens is 440 g/mol. The highest BCUT2D eigenvalue weighted by atomic mass is 35.5. The molecule has 0 aliphatic rings. The van der Waals surface area contributed by atoms with E-state index in [2.05, 4.69) is 36.3 Å². The highest BCUT2D eigenvalue weighted by Crippen LogP contribution is 2.32. The molecule has 4 rings (SSSR count). The molecule has 0 saturated carbocycles. The second kappa shape index (κ2) is 9.96. The van der Waals surface area contributed by atoms with Gasteiger partial charge in [-0.15, -0.1) is 0 Å². The molecule has 33 heavy (non-hydrogen) atoms. The van der Waals surface area contributed by atoms with E-state index in [1.807, 2.05) is 12.1 Å². The lowest BCUT2D eigenvalue weighted by atomic mass is 9.98. The van der Waals surface area contributed by atoms with Gasteiger partial charge in [0.15, 0.2) is 12.2 Å². The number of ether oxygens (including phenoxy) is 2. The summed E-state index contributed by atoms with van der Waals surface area (Å²) in [4.78, 5) is 17.1. The fourth-order valence-electron chi connectivity index (χ4n) is 3.37. The summed E-state index contributed by atoms with van der Waals surface area (Å²) in [5.74, 6) is 1.86. The molecule has 3 aromatic carbocycles. The van der Waals surface area contributed by atoms with Crippen molar-refractivity contribution in [1.29, 1.82) is 0 Å². The van der Waals surface area contributed by atoms with Crippen molar-refractivity contribution in [3.05, 3.63) is 71.2 Å². The fraction of sp³-hybridized carbons (Fsp3) is 0.231. The van der Waals surface area contributed by atoms with Gasteiger partial charge >= 0.3 is 0 Å². The number of anilines is 1. The topological polar surface area (TPSA) is 73.6 Å². The fourth-order valence-corrected chi connectivity index (χ4v) is 3.54. The number of oxazole rings is 1. The summed E-state index contributed by atoms with van der Waals surface area (Å²) < 4.78 is 16.6. The van der Waals surface area contributed by atoms with Gasteiger partial charge in [0.05, 0.1) is 17.8 Å². The largest absolute Gasteiger partial charge is 0.497 e. The molecule has 4 aromatic rings. The van der Waals surface area contributed by atoms with Gasteiger partial charge in [0.1, 0.15) is 17.0 Å². The number of halogens is 1. The molecule has 0 unspecified atom stereocenters. The zero-order valence-corrected chi connectivity index (χ0v) is 19.5. The van der Waals surface area contributed by atoms with Crippen molar-refractivity contribution in [3.8, 4) is 23.0 Å². The van der Waals surface area contributed by atoms with Crippen LogP contribution in [0.15, 0.2) is 65.1 Å². The first-order valence-electron chi connectivity index (χ1n) is 10.7. The van der Waals surface area contributed by atoms with Crippen LogP contribution in [0.4, 0.5) is 5.69 Å². The van der Waals surface area contributed by atoms with Crippen LogP contribution in [0.3, 0.4) is 0 Å². The minimum Gasteiger partial charge on any atom is -0.497 e. The van der Waals surface area contributed by atoms with E-state index < -0.39 is 0 Å². The van der Waals surface area contributed by atoms with Crippen LogP contribution in [-0.4, -0.2) is 24.6 Å². The van der Waals surface area contributed by atoms with Gasteiger partial charge in [0.2, 0.25) is 5.89 Å². The number of aromatic nitrogens is 1. The molecule has 0 spiro atoms. The molecule has 0 aliphatic heterocycles. The van der Waals surface area contributed by atoms with Crippen LogP contribution in [0.2, 0.25) is 5.02 Å². The van der Waals surface area contributed by atoms with E-state index in [0.29, 0.717) is 45.2 Å². The minimum atomic E-state index is -0.333. The third kappa shape index (κ3) is 5.29. The zero-order chi connectivity index (χ0) is 23.4. The molecule has 1 N–H and O–H groups in total. The van der Waals surface area contributed by atoms with Crippen molar-refractivity contribution in [2.45, 2.75) is 26.2 Å². The summed E-state index contributed by atoms with van der Waals surface area (Å²) in [6, 6.07) is 18.3. The number of benzene rings is 3. The summed E-state index contributed by atoms with van der Waals surface area (Å²) in [6.07, 6.45) is 1.05. The van der Waals surface area contributed by atoms with E-state index >= 15 is 0 Å². The van der Waals surface area contributed by atoms with E-state index in [4.69, 9.17) is 25.5 Å². The monoisotopic (exact) mass is 464 g/mol. The molecule has 7 heteroatoms. The van der Waals surface area contributed by atoms with Gasteiger partial charge in [-0.05, 0) is 72.5 Å². The maximum atomic E-state index is 12.4. The van der Waals surface area contributed by atoms with E-state index in [-0.39, 0.29) is 12.5 Å². The SMILES string of the molecule is CC[C@@H](C)c1ccc2oc(-c3ccc(Cl)c(NC(=O)COc4ccc(OC)cc4)c3)nc2c1. The highest BCUT2D eigenvalue weighted by Gasteiger charge is 2.14. The number of nitrogens with zero attached hydrogens (tertiary/aromatic N) is 1. The van der Waals surface area contributed by atoms with E-state index in [1.54, 1.807) is 43.5 Å². The molecule has 6 nitrogen and oxygen atoms in total. The van der Waals surface area contributed by atoms with E-state index in [9.17, 15) is 4.79 Å². The minimum absolute atomic E-state index is 0.159. The Morgan fingerprint density at radius 1 is 1.09 bits per heavy atom. The number of methoxy groups -OCH3 is 1. The van der Waals surface area contributed by atoms with Crippen molar-refractivity contribution in [1.82, 2.24) is 4.98 Å². The Morgan fingerprint density at radius 2 is 1.85 bits per heavy atom. The lowest BCUT2D eigenvalue weighted by molar-refractivity contribution is -0.118. The summed E-state index contributed by atoms with van der Waals surface area (Å²) in [6.45, 7) is 4.19. The number of rotatable bonds is 8. The summed E-state index contributed by atoms with van der Waals surface area (Å²) in [5, 5.41) is 3.20. The second-order valence-electron chi connectivity index (χ2n) is 7.76. The third-order valence-electron chi connectivity index (χ3n) is 5.51. The molecule has 1 heterocycles. The Kier molecular flexibility index (Phi) is 6.84. The summed E-state index contributed by atoms with van der Waals surface area (Å²) in [5.41, 5.74) is 3.92. The van der Waals surface area contributed by atoms with E-state index in [0.717, 1.165) is 11.9 Å². The van der Waals surface area contributed by atoms with Crippen LogP contribution in [0, 0.1) is 0 Å². The molecule has 0 bridgehead atoms. The molecule has 0 saturated heterocycles. The van der Waals surface area contributed by atoms with Gasteiger partial charge in [-0.2, -0.15) is 0 Å². The van der Waals surface area contributed by atoms with Crippen LogP contribution in [-0.2, 0) is 4.79 Å². The summed E-state index contributed by atoms with van der Waals surface area (Å²) >= 11 is 6.31. The van der Waals surface area contributed by atoms with Gasteiger partial charge < -0.3 is 19.2 Å². The predicted octanol–water partition coefficient (Wildman–Crippen LogP) is 6.69. The maximum Gasteiger partial charge on any atom is 0.262 e. The first-order chi connectivity index (χ1) is 16.0. The van der Waals surface area contributed by atoms with Crippen LogP contribution in [0.5, 0.6) is 11.5 Å². The average molecular weight is 465 g/mol. The average Bonchev–Trinajstić information content (AvgIpc) is 3.27. The van der Waals surface area contributed by atoms with Crippen LogP contribution in [0.1, 0.15) is 31.7 Å². The zero-order valence-electron chi connectivity index (χ0n) is 18.7. The van der Waals surface area contributed by atoms with Crippen LogP contribution < -0.4 is 14.8 Å². The lowest BCUT2D eigenvalue weighted by Gasteiger charge is -2.10. The number of amides is 1. The Morgan fingerprint density at radius 3 is 2.58 bits per heavy atom. The summed E-state index contributed by atoms with van der Waals surface area (Å²) in [7, 11) is 1.59. The molecule has 1 amide bonds. The predicted molar refractivity (Wildman–Crippen MR) is 130 cm³/mol. The van der Waals surface area contributed by atoms with Crippen molar-refractivity contribution in [2.75, 3.05) is 19.0 Å². The highest BCUT2D eigenvalue weighted by molar-refractivity contribution is 6.33. The molecule has 170 valence electrons. The Labute approximate surface area is 197 Å². The number of carbonyl (C=O) groups is 1. The third-order valence-corrected chi connectivity index (χ3v) is 5.84. The quantitative estimate of drug-likeness (QED) is 0.314. The number of hydrogen-bond acceptors (Lipinski definition) is 5. The Hall–Kier alpha value is -3.51. The van der Waals surface area contributed by atoms with Gasteiger partial charge in [0.25, 0.3) is 5.91 Å². The second-order valence-corrected chi connectivity index (χ2v) is 8.17. The van der Waals surface area contributed by atoms with Crippen molar-refractivity contribution >= 4 is 34.3 Å². The maximum absolute atomic E-state index is 12.4. The molecule has 0 aliphatic carbocycles.